The summed E-state index contributed by atoms with van der Waals surface area (Å²) in [6.45, 7) is 8.92. The second kappa shape index (κ2) is 4.52. The first-order chi connectivity index (χ1) is 9.02. The molecule has 2 heterocycles. The molecule has 2 nitrogen and oxygen atoms in total. The first kappa shape index (κ1) is 12.5. The lowest BCUT2D eigenvalue weighted by molar-refractivity contribution is 0.343. The van der Waals surface area contributed by atoms with Crippen molar-refractivity contribution >= 4 is 0 Å². The average Bonchev–Trinajstić information content (AvgIpc) is 2.71. The number of aromatic nitrogens is 2. The number of fused-ring (bicyclic) bond motifs is 1. The quantitative estimate of drug-likeness (QED) is 0.741. The van der Waals surface area contributed by atoms with Gasteiger partial charge < -0.3 is 4.57 Å². The van der Waals surface area contributed by atoms with Gasteiger partial charge in [-0.05, 0) is 45.2 Å². The van der Waals surface area contributed by atoms with E-state index in [1.807, 2.05) is 0 Å². The molecule has 0 aliphatic carbocycles. The van der Waals surface area contributed by atoms with Crippen LogP contribution in [0.4, 0.5) is 0 Å². The van der Waals surface area contributed by atoms with E-state index in [4.69, 9.17) is 4.98 Å². The summed E-state index contributed by atoms with van der Waals surface area (Å²) in [6.07, 6.45) is 4.60. The van der Waals surface area contributed by atoms with Crippen LogP contribution in [0.15, 0.2) is 24.4 Å². The third-order valence-electron chi connectivity index (χ3n) is 4.08. The van der Waals surface area contributed by atoms with E-state index in [1.54, 1.807) is 0 Å². The van der Waals surface area contributed by atoms with Crippen LogP contribution in [0.25, 0.3) is 11.3 Å². The molecule has 0 radical (unpaired) electrons. The maximum absolute atomic E-state index is 4.87. The van der Waals surface area contributed by atoms with Crippen LogP contribution >= 0.6 is 0 Å². The minimum absolute atomic E-state index is 0.575. The second-order valence-corrected chi connectivity index (χ2v) is 6.22. The van der Waals surface area contributed by atoms with Crippen LogP contribution in [0.1, 0.15) is 43.3 Å². The molecular weight excluding hydrogens is 232 g/mol. The van der Waals surface area contributed by atoms with E-state index in [0.717, 1.165) is 18.0 Å². The van der Waals surface area contributed by atoms with Gasteiger partial charge in [0.05, 0.1) is 5.69 Å². The maximum atomic E-state index is 4.87. The van der Waals surface area contributed by atoms with E-state index < -0.39 is 0 Å². The van der Waals surface area contributed by atoms with Gasteiger partial charge in [0.25, 0.3) is 0 Å². The van der Waals surface area contributed by atoms with Gasteiger partial charge >= 0.3 is 0 Å². The molecule has 0 saturated carbocycles. The highest BCUT2D eigenvalue weighted by molar-refractivity contribution is 5.61. The molecule has 1 aliphatic heterocycles. The summed E-state index contributed by atoms with van der Waals surface area (Å²) in [5.74, 6) is 2.00. The van der Waals surface area contributed by atoms with E-state index in [2.05, 4.69) is 56.7 Å². The summed E-state index contributed by atoms with van der Waals surface area (Å²) in [4.78, 5) is 4.87. The molecule has 0 N–H and O–H groups in total. The van der Waals surface area contributed by atoms with Crippen LogP contribution in [0.3, 0.4) is 0 Å². The molecule has 1 aromatic carbocycles. The van der Waals surface area contributed by atoms with E-state index in [9.17, 15) is 0 Å². The lowest BCUT2D eigenvalue weighted by Crippen LogP contribution is -2.20. The van der Waals surface area contributed by atoms with Crippen molar-refractivity contribution < 1.29 is 0 Å². The summed E-state index contributed by atoms with van der Waals surface area (Å²) < 4.78 is 2.37. The fraction of sp³-hybridized carbons (Fsp3) is 0.471. The van der Waals surface area contributed by atoms with Crippen LogP contribution in [0, 0.1) is 19.8 Å². The highest BCUT2D eigenvalue weighted by atomic mass is 15.1. The summed E-state index contributed by atoms with van der Waals surface area (Å²) in [6, 6.07) is 7.25. The lowest BCUT2D eigenvalue weighted by atomic mass is 9.95. The van der Waals surface area contributed by atoms with Gasteiger partial charge in [0.15, 0.2) is 0 Å². The van der Waals surface area contributed by atoms with Gasteiger partial charge in [-0.1, -0.05) is 24.1 Å². The first-order valence-corrected chi connectivity index (χ1v) is 7.19. The zero-order valence-electron chi connectivity index (χ0n) is 12.3. The van der Waals surface area contributed by atoms with Crippen LogP contribution in [-0.4, -0.2) is 9.55 Å². The molecule has 2 unspecified atom stereocenters. The number of imidazole rings is 1. The van der Waals surface area contributed by atoms with E-state index in [-0.39, 0.29) is 0 Å². The molecule has 2 heteroatoms. The van der Waals surface area contributed by atoms with Gasteiger partial charge in [-0.2, -0.15) is 0 Å². The average molecular weight is 254 g/mol. The van der Waals surface area contributed by atoms with Gasteiger partial charge in [-0.25, -0.2) is 4.98 Å². The Morgan fingerprint density at radius 1 is 1.11 bits per heavy atom. The topological polar surface area (TPSA) is 17.8 Å². The zero-order valence-corrected chi connectivity index (χ0v) is 12.3. The molecule has 3 rings (SSSR count). The van der Waals surface area contributed by atoms with Crippen molar-refractivity contribution in [2.45, 2.75) is 46.6 Å². The van der Waals surface area contributed by atoms with Crippen LogP contribution < -0.4 is 0 Å². The number of hydrogen-bond acceptors (Lipinski definition) is 1. The van der Waals surface area contributed by atoms with Gasteiger partial charge in [0.2, 0.25) is 0 Å². The number of benzene rings is 1. The third-order valence-corrected chi connectivity index (χ3v) is 4.08. The minimum atomic E-state index is 0.575. The van der Waals surface area contributed by atoms with Gasteiger partial charge in [0, 0.05) is 24.2 Å². The number of aryl methyl sites for hydroxylation is 2. The van der Waals surface area contributed by atoms with Crippen LogP contribution in [-0.2, 0) is 6.42 Å². The van der Waals surface area contributed by atoms with Crippen molar-refractivity contribution in [3.63, 3.8) is 0 Å². The molecule has 0 fully saturated rings. The maximum Gasteiger partial charge on any atom is 0.109 e. The fourth-order valence-electron chi connectivity index (χ4n) is 3.32. The van der Waals surface area contributed by atoms with Crippen molar-refractivity contribution in [2.24, 2.45) is 5.92 Å². The molecule has 19 heavy (non-hydrogen) atoms. The number of rotatable bonds is 1. The monoisotopic (exact) mass is 254 g/mol. The lowest BCUT2D eigenvalue weighted by Gasteiger charge is -2.26. The molecule has 0 amide bonds. The summed E-state index contributed by atoms with van der Waals surface area (Å²) in [5, 5.41) is 0. The van der Waals surface area contributed by atoms with E-state index in [1.165, 1.54) is 28.9 Å². The third kappa shape index (κ3) is 2.32. The molecule has 0 spiro atoms. The minimum Gasteiger partial charge on any atom is -0.331 e. The second-order valence-electron chi connectivity index (χ2n) is 6.22. The standard InChI is InChI=1S/C17H22N2/c1-11-5-12(2)8-15(7-11)16-10-19-14(4)6-13(3)9-17(19)18-16/h5,7-8,10,13-14H,6,9H2,1-4H3. The molecule has 1 aromatic heterocycles. The highest BCUT2D eigenvalue weighted by Gasteiger charge is 2.23. The van der Waals surface area contributed by atoms with Crippen molar-refractivity contribution in [3.05, 3.63) is 41.3 Å². The predicted molar refractivity (Wildman–Crippen MR) is 79.3 cm³/mol. The Kier molecular flexibility index (Phi) is 2.96. The Morgan fingerprint density at radius 2 is 1.79 bits per heavy atom. The Balaban J connectivity index is 2.05. The van der Waals surface area contributed by atoms with E-state index >= 15 is 0 Å². The highest BCUT2D eigenvalue weighted by Crippen LogP contribution is 2.31. The summed E-state index contributed by atoms with van der Waals surface area (Å²) >= 11 is 0. The van der Waals surface area contributed by atoms with Gasteiger partial charge in [0.1, 0.15) is 5.82 Å². The zero-order chi connectivity index (χ0) is 13.6. The number of nitrogens with zero attached hydrogens (tertiary/aromatic N) is 2. The van der Waals surface area contributed by atoms with Gasteiger partial charge in [-0.15, -0.1) is 0 Å². The molecule has 0 saturated heterocycles. The Bertz CT molecular complexity index is 589. The SMILES string of the molecule is Cc1cc(C)cc(-c2cn3c(n2)CC(C)CC3C)c1. The molecule has 100 valence electrons. The Morgan fingerprint density at radius 3 is 2.47 bits per heavy atom. The van der Waals surface area contributed by atoms with Crippen molar-refractivity contribution in [1.29, 1.82) is 0 Å². The fourth-order valence-corrected chi connectivity index (χ4v) is 3.32. The first-order valence-electron chi connectivity index (χ1n) is 7.19. The van der Waals surface area contributed by atoms with E-state index in [0.29, 0.717) is 6.04 Å². The molecular formula is C17H22N2. The van der Waals surface area contributed by atoms with Crippen molar-refractivity contribution in [3.8, 4) is 11.3 Å². The normalized spacial score (nSPS) is 22.3. The summed E-state index contributed by atoms with van der Waals surface area (Å²) in [7, 11) is 0. The molecule has 0 bridgehead atoms. The van der Waals surface area contributed by atoms with Crippen LogP contribution in [0.5, 0.6) is 0 Å². The van der Waals surface area contributed by atoms with Crippen LogP contribution in [0.2, 0.25) is 0 Å². The Labute approximate surface area is 115 Å². The number of hydrogen-bond donors (Lipinski definition) is 0. The summed E-state index contributed by atoms with van der Waals surface area (Å²) in [5.41, 5.74) is 4.99. The molecule has 1 aliphatic rings. The Hall–Kier alpha value is -1.57. The molecule has 2 atom stereocenters. The molecule has 2 aromatic rings. The van der Waals surface area contributed by atoms with Crippen molar-refractivity contribution in [1.82, 2.24) is 9.55 Å². The predicted octanol–water partition coefficient (Wildman–Crippen LogP) is 4.31. The largest absolute Gasteiger partial charge is 0.331 e. The van der Waals surface area contributed by atoms with Crippen molar-refractivity contribution in [2.75, 3.05) is 0 Å². The van der Waals surface area contributed by atoms with Gasteiger partial charge in [-0.3, -0.25) is 0 Å². The smallest absolute Gasteiger partial charge is 0.109 e.